The van der Waals surface area contributed by atoms with E-state index in [-0.39, 0.29) is 10.8 Å². The summed E-state index contributed by atoms with van der Waals surface area (Å²) in [4.78, 5) is 16.0. The van der Waals surface area contributed by atoms with Crippen molar-refractivity contribution in [2.45, 2.75) is 30.3 Å². The molecule has 6 heteroatoms. The first-order chi connectivity index (χ1) is 10.4. The van der Waals surface area contributed by atoms with Gasteiger partial charge >= 0.3 is 0 Å². The average Bonchev–Trinajstić information content (AvgIpc) is 3.20. The van der Waals surface area contributed by atoms with Crippen LogP contribution in [0.4, 0.5) is 0 Å². The van der Waals surface area contributed by atoms with Crippen LogP contribution < -0.4 is 0 Å². The summed E-state index contributed by atoms with van der Waals surface area (Å²) < 4.78 is 23.0. The van der Waals surface area contributed by atoms with Crippen LogP contribution in [0.1, 0.15) is 28.1 Å². The highest BCUT2D eigenvalue weighted by atomic mass is 32.2. The lowest BCUT2D eigenvalue weighted by Crippen LogP contribution is -2.32. The van der Waals surface area contributed by atoms with E-state index >= 15 is 0 Å². The van der Waals surface area contributed by atoms with Gasteiger partial charge in [0.1, 0.15) is 0 Å². The summed E-state index contributed by atoms with van der Waals surface area (Å²) in [6, 6.07) is 10.5. The van der Waals surface area contributed by atoms with E-state index in [1.54, 1.807) is 23.5 Å². The van der Waals surface area contributed by atoms with E-state index in [2.05, 4.69) is 0 Å². The molecule has 0 N–H and O–H groups in total. The number of benzene rings is 1. The lowest BCUT2D eigenvalue weighted by Gasteiger charge is -2.22. The van der Waals surface area contributed by atoms with E-state index in [1.165, 1.54) is 12.1 Å². The number of thiophene rings is 1. The molecule has 1 fully saturated rings. The predicted octanol–water partition coefficient (Wildman–Crippen LogP) is 2.96. The molecule has 116 valence electrons. The van der Waals surface area contributed by atoms with Crippen molar-refractivity contribution in [3.63, 3.8) is 0 Å². The Kier molecular flexibility index (Phi) is 4.06. The molecule has 0 aliphatic heterocycles. The summed E-state index contributed by atoms with van der Waals surface area (Å²) in [5.74, 6) is -0.0315. The van der Waals surface area contributed by atoms with Crippen LogP contribution in [0, 0.1) is 0 Å². The van der Waals surface area contributed by atoms with E-state index in [4.69, 9.17) is 0 Å². The molecule has 3 rings (SSSR count). The molecule has 0 atom stereocenters. The Labute approximate surface area is 134 Å². The summed E-state index contributed by atoms with van der Waals surface area (Å²) in [6.45, 7) is 0.620. The monoisotopic (exact) mass is 335 g/mol. The lowest BCUT2D eigenvalue weighted by molar-refractivity contribution is 0.0731. The zero-order valence-electron chi connectivity index (χ0n) is 12.2. The van der Waals surface area contributed by atoms with Gasteiger partial charge in [-0.3, -0.25) is 4.79 Å². The second-order valence-corrected chi connectivity index (χ2v) is 8.59. The van der Waals surface area contributed by atoms with Gasteiger partial charge in [0.2, 0.25) is 0 Å². The number of carbonyl (C=O) groups excluding carboxylic acids is 1. The van der Waals surface area contributed by atoms with Gasteiger partial charge in [0.05, 0.1) is 11.4 Å². The van der Waals surface area contributed by atoms with Crippen LogP contribution >= 0.6 is 11.3 Å². The van der Waals surface area contributed by atoms with Crippen molar-refractivity contribution in [3.8, 4) is 0 Å². The Morgan fingerprint density at radius 2 is 1.91 bits per heavy atom. The van der Waals surface area contributed by atoms with Crippen LogP contribution in [0.15, 0.2) is 46.7 Å². The molecule has 1 aromatic heterocycles. The highest BCUT2D eigenvalue weighted by Gasteiger charge is 2.33. The molecule has 22 heavy (non-hydrogen) atoms. The number of hydrogen-bond acceptors (Lipinski definition) is 4. The van der Waals surface area contributed by atoms with Crippen molar-refractivity contribution in [3.05, 3.63) is 52.2 Å². The number of rotatable bonds is 5. The maximum atomic E-state index is 12.7. The third-order valence-electron chi connectivity index (χ3n) is 3.68. The SMILES string of the molecule is CS(=O)(=O)c1ccc(C(=O)N(Cc2cccs2)C2CC2)cc1. The first-order valence-corrected chi connectivity index (χ1v) is 9.86. The molecule has 0 bridgehead atoms. The maximum Gasteiger partial charge on any atom is 0.254 e. The van der Waals surface area contributed by atoms with E-state index in [9.17, 15) is 13.2 Å². The van der Waals surface area contributed by atoms with Crippen LogP contribution in [0.3, 0.4) is 0 Å². The van der Waals surface area contributed by atoms with Crippen LogP contribution in [0.5, 0.6) is 0 Å². The van der Waals surface area contributed by atoms with Gasteiger partial charge in [0.15, 0.2) is 9.84 Å². The highest BCUT2D eigenvalue weighted by Crippen LogP contribution is 2.30. The standard InChI is InChI=1S/C16H17NO3S2/c1-22(19,20)15-8-4-12(5-9-15)16(18)17(13-6-7-13)11-14-3-2-10-21-14/h2-5,8-10,13H,6-7,11H2,1H3. The topological polar surface area (TPSA) is 54.5 Å². The smallest absolute Gasteiger partial charge is 0.254 e. The van der Waals surface area contributed by atoms with Gasteiger partial charge in [-0.2, -0.15) is 0 Å². The van der Waals surface area contributed by atoms with Crippen LogP contribution in [0.2, 0.25) is 0 Å². The molecule has 1 aromatic carbocycles. The predicted molar refractivity (Wildman–Crippen MR) is 86.8 cm³/mol. The van der Waals surface area contributed by atoms with Gasteiger partial charge in [-0.05, 0) is 48.6 Å². The molecule has 1 amide bonds. The van der Waals surface area contributed by atoms with Gasteiger partial charge < -0.3 is 4.90 Å². The minimum atomic E-state index is -3.23. The zero-order chi connectivity index (χ0) is 15.7. The average molecular weight is 335 g/mol. The Bertz CT molecular complexity index is 760. The van der Waals surface area contributed by atoms with Gasteiger partial charge in [-0.25, -0.2) is 8.42 Å². The third-order valence-corrected chi connectivity index (χ3v) is 5.67. The van der Waals surface area contributed by atoms with Gasteiger partial charge in [-0.15, -0.1) is 11.3 Å². The van der Waals surface area contributed by atoms with Crippen molar-refractivity contribution < 1.29 is 13.2 Å². The summed E-state index contributed by atoms with van der Waals surface area (Å²) in [5, 5.41) is 2.01. The molecule has 2 aromatic rings. The number of amides is 1. The van der Waals surface area contributed by atoms with Crippen molar-refractivity contribution in [1.29, 1.82) is 0 Å². The Balaban J connectivity index is 1.81. The normalized spacial score (nSPS) is 14.8. The van der Waals surface area contributed by atoms with Crippen molar-refractivity contribution in [1.82, 2.24) is 4.90 Å². The lowest BCUT2D eigenvalue weighted by atomic mass is 10.2. The first-order valence-electron chi connectivity index (χ1n) is 7.08. The van der Waals surface area contributed by atoms with Crippen molar-refractivity contribution >= 4 is 27.1 Å². The Hall–Kier alpha value is -1.66. The highest BCUT2D eigenvalue weighted by molar-refractivity contribution is 7.90. The largest absolute Gasteiger partial charge is 0.331 e. The second kappa shape index (κ2) is 5.85. The number of sulfone groups is 1. The molecular weight excluding hydrogens is 318 g/mol. The van der Waals surface area contributed by atoms with Crippen molar-refractivity contribution in [2.75, 3.05) is 6.26 Å². The number of nitrogens with zero attached hydrogens (tertiary/aromatic N) is 1. The first kappa shape index (κ1) is 15.2. The Morgan fingerprint density at radius 3 is 2.41 bits per heavy atom. The summed E-state index contributed by atoms with van der Waals surface area (Å²) >= 11 is 1.64. The molecular formula is C16H17NO3S2. The Morgan fingerprint density at radius 1 is 1.23 bits per heavy atom. The van der Waals surface area contributed by atoms with Crippen LogP contribution in [-0.4, -0.2) is 31.5 Å². The summed E-state index contributed by atoms with van der Waals surface area (Å²) in [6.07, 6.45) is 3.24. The minimum absolute atomic E-state index is 0.0315. The number of carbonyl (C=O) groups is 1. The van der Waals surface area contributed by atoms with E-state index in [0.29, 0.717) is 18.2 Å². The molecule has 1 aliphatic rings. The fraction of sp³-hybridized carbons (Fsp3) is 0.312. The maximum absolute atomic E-state index is 12.7. The summed E-state index contributed by atoms with van der Waals surface area (Å²) in [5.41, 5.74) is 0.538. The molecule has 1 aliphatic carbocycles. The van der Waals surface area contributed by atoms with Crippen LogP contribution in [-0.2, 0) is 16.4 Å². The number of hydrogen-bond donors (Lipinski definition) is 0. The molecule has 0 radical (unpaired) electrons. The van der Waals surface area contributed by atoms with Crippen molar-refractivity contribution in [2.24, 2.45) is 0 Å². The van der Waals surface area contributed by atoms with Gasteiger partial charge in [-0.1, -0.05) is 6.07 Å². The van der Waals surface area contributed by atoms with Gasteiger partial charge in [0.25, 0.3) is 5.91 Å². The third kappa shape index (κ3) is 3.39. The molecule has 0 spiro atoms. The molecule has 0 unspecified atom stereocenters. The van der Waals surface area contributed by atoms with Crippen LogP contribution in [0.25, 0.3) is 0 Å². The second-order valence-electron chi connectivity index (χ2n) is 5.54. The van der Waals surface area contributed by atoms with E-state index in [0.717, 1.165) is 24.0 Å². The van der Waals surface area contributed by atoms with Gasteiger partial charge in [0, 0.05) is 22.7 Å². The molecule has 4 nitrogen and oxygen atoms in total. The quantitative estimate of drug-likeness (QED) is 0.844. The summed E-state index contributed by atoms with van der Waals surface area (Å²) in [7, 11) is -3.23. The van der Waals surface area contributed by atoms with E-state index < -0.39 is 9.84 Å². The molecule has 1 saturated carbocycles. The van der Waals surface area contributed by atoms with E-state index in [1.807, 2.05) is 22.4 Å². The fourth-order valence-electron chi connectivity index (χ4n) is 2.33. The molecule has 0 saturated heterocycles. The fourth-order valence-corrected chi connectivity index (χ4v) is 3.67. The molecule has 1 heterocycles. The minimum Gasteiger partial charge on any atom is -0.331 e. The zero-order valence-corrected chi connectivity index (χ0v) is 13.9.